The molecule has 1 heterocycles. The summed E-state index contributed by atoms with van der Waals surface area (Å²) in [6.07, 6.45) is 0.684. The molecule has 0 atom stereocenters. The van der Waals surface area contributed by atoms with Crippen LogP contribution in [-0.4, -0.2) is 35.0 Å². The van der Waals surface area contributed by atoms with Crippen molar-refractivity contribution in [1.82, 2.24) is 4.90 Å². The minimum Gasteiger partial charge on any atom is -0.480 e. The molecule has 6 heteroatoms. The van der Waals surface area contributed by atoms with E-state index in [1.165, 1.54) is 4.90 Å². The van der Waals surface area contributed by atoms with Crippen molar-refractivity contribution in [1.29, 1.82) is 0 Å². The van der Waals surface area contributed by atoms with Crippen LogP contribution >= 0.6 is 15.9 Å². The maximum absolute atomic E-state index is 12.4. The predicted octanol–water partition coefficient (Wildman–Crippen LogP) is 3.44. The first-order chi connectivity index (χ1) is 9.92. The number of carboxylic acids is 1. The van der Waals surface area contributed by atoms with Gasteiger partial charge in [0.1, 0.15) is 12.1 Å². The van der Waals surface area contributed by atoms with Gasteiger partial charge in [0.25, 0.3) is 5.91 Å². The van der Waals surface area contributed by atoms with E-state index in [1.54, 1.807) is 6.07 Å². The van der Waals surface area contributed by atoms with Crippen LogP contribution in [-0.2, 0) is 4.79 Å². The van der Waals surface area contributed by atoms with Gasteiger partial charge in [0, 0.05) is 16.4 Å². The zero-order chi connectivity index (χ0) is 15.6. The smallest absolute Gasteiger partial charge is 0.323 e. The average molecular weight is 354 g/mol. The summed E-state index contributed by atoms with van der Waals surface area (Å²) in [5.41, 5.74) is 1.56. The molecule has 0 aliphatic heterocycles. The number of carboxylic acid groups (broad SMARTS) is 1. The highest BCUT2D eigenvalue weighted by Crippen LogP contribution is 2.27. The normalized spacial score (nSPS) is 10.8. The third-order valence-electron chi connectivity index (χ3n) is 3.08. The maximum atomic E-state index is 12.4. The Morgan fingerprint density at radius 1 is 1.33 bits per heavy atom. The molecule has 1 amide bonds. The zero-order valence-corrected chi connectivity index (χ0v) is 13.4. The van der Waals surface area contributed by atoms with Gasteiger partial charge in [-0.25, -0.2) is 0 Å². The molecule has 0 bridgehead atoms. The molecule has 2 aromatic rings. The number of amides is 1. The average Bonchev–Trinajstić information content (AvgIpc) is 2.81. The van der Waals surface area contributed by atoms with E-state index in [4.69, 9.17) is 9.52 Å². The van der Waals surface area contributed by atoms with Gasteiger partial charge < -0.3 is 14.4 Å². The monoisotopic (exact) mass is 353 g/mol. The largest absolute Gasteiger partial charge is 0.480 e. The molecule has 0 radical (unpaired) electrons. The summed E-state index contributed by atoms with van der Waals surface area (Å²) in [7, 11) is 0. The van der Waals surface area contributed by atoms with Crippen molar-refractivity contribution < 1.29 is 19.1 Å². The van der Waals surface area contributed by atoms with E-state index >= 15 is 0 Å². The van der Waals surface area contributed by atoms with E-state index in [0.717, 1.165) is 15.4 Å². The number of carbonyl (C=O) groups excluding carboxylic acids is 1. The van der Waals surface area contributed by atoms with Crippen LogP contribution in [0.3, 0.4) is 0 Å². The summed E-state index contributed by atoms with van der Waals surface area (Å²) in [6.45, 7) is 3.84. The second-order valence-corrected chi connectivity index (χ2v) is 5.79. The number of furan rings is 1. The lowest BCUT2D eigenvalue weighted by atomic mass is 10.2. The number of hydrogen-bond donors (Lipinski definition) is 1. The van der Waals surface area contributed by atoms with Crippen LogP contribution in [0.2, 0.25) is 0 Å². The molecule has 0 aliphatic rings. The molecule has 0 unspecified atom stereocenters. The molecule has 21 heavy (non-hydrogen) atoms. The number of halogens is 1. The topological polar surface area (TPSA) is 70.8 Å². The first-order valence-electron chi connectivity index (χ1n) is 6.63. The summed E-state index contributed by atoms with van der Waals surface area (Å²) in [6, 6.07) is 5.42. The lowest BCUT2D eigenvalue weighted by molar-refractivity contribution is -0.137. The molecular weight excluding hydrogens is 338 g/mol. The van der Waals surface area contributed by atoms with Crippen molar-refractivity contribution in [3.05, 3.63) is 34.0 Å². The van der Waals surface area contributed by atoms with E-state index in [-0.39, 0.29) is 12.3 Å². The highest BCUT2D eigenvalue weighted by Gasteiger charge is 2.22. The molecule has 5 nitrogen and oxygen atoms in total. The molecule has 0 fully saturated rings. The van der Waals surface area contributed by atoms with E-state index in [1.807, 2.05) is 26.0 Å². The fraction of sp³-hybridized carbons (Fsp3) is 0.333. The van der Waals surface area contributed by atoms with Crippen LogP contribution in [0.25, 0.3) is 11.0 Å². The fourth-order valence-electron chi connectivity index (χ4n) is 2.23. The van der Waals surface area contributed by atoms with Gasteiger partial charge in [0.2, 0.25) is 0 Å². The van der Waals surface area contributed by atoms with Gasteiger partial charge in [-0.15, -0.1) is 0 Å². The molecule has 1 N–H and O–H groups in total. The quantitative estimate of drug-likeness (QED) is 0.893. The first-order valence-corrected chi connectivity index (χ1v) is 7.42. The van der Waals surface area contributed by atoms with Crippen molar-refractivity contribution in [2.75, 3.05) is 13.1 Å². The Bertz CT molecular complexity index is 692. The molecule has 0 saturated heterocycles. The highest BCUT2D eigenvalue weighted by molar-refractivity contribution is 9.10. The van der Waals surface area contributed by atoms with Gasteiger partial charge in [0.15, 0.2) is 5.76 Å². The Balaban J connectivity index is 2.37. The Kier molecular flexibility index (Phi) is 4.67. The van der Waals surface area contributed by atoms with E-state index in [0.29, 0.717) is 18.5 Å². The number of rotatable bonds is 5. The van der Waals surface area contributed by atoms with E-state index in [9.17, 15) is 9.59 Å². The summed E-state index contributed by atoms with van der Waals surface area (Å²) in [4.78, 5) is 24.5. The molecule has 2 rings (SSSR count). The second kappa shape index (κ2) is 6.30. The molecule has 1 aromatic heterocycles. The van der Waals surface area contributed by atoms with E-state index < -0.39 is 11.9 Å². The summed E-state index contributed by atoms with van der Waals surface area (Å²) in [5, 5.41) is 9.71. The molecule has 112 valence electrons. The number of aryl methyl sites for hydroxylation is 1. The highest BCUT2D eigenvalue weighted by atomic mass is 79.9. The van der Waals surface area contributed by atoms with Crippen molar-refractivity contribution in [2.24, 2.45) is 0 Å². The summed E-state index contributed by atoms with van der Waals surface area (Å²) < 4.78 is 6.53. The van der Waals surface area contributed by atoms with Gasteiger partial charge in [-0.2, -0.15) is 0 Å². The minimum absolute atomic E-state index is 0.167. The first kappa shape index (κ1) is 15.6. The molecule has 0 saturated carbocycles. The van der Waals surface area contributed by atoms with Crippen molar-refractivity contribution in [2.45, 2.75) is 20.3 Å². The fourth-order valence-corrected chi connectivity index (χ4v) is 2.82. The minimum atomic E-state index is -1.04. The SMILES string of the molecule is CCCN(CC(=O)O)C(=O)c1cc2cc(Br)cc(C)c2o1. The second-order valence-electron chi connectivity index (χ2n) is 4.87. The van der Waals surface area contributed by atoms with Crippen LogP contribution in [0.5, 0.6) is 0 Å². The van der Waals surface area contributed by atoms with Gasteiger partial charge >= 0.3 is 5.97 Å². The number of hydrogen-bond acceptors (Lipinski definition) is 3. The summed E-state index contributed by atoms with van der Waals surface area (Å²) >= 11 is 3.40. The molecule has 0 aliphatic carbocycles. The third kappa shape index (κ3) is 3.44. The van der Waals surface area contributed by atoms with Crippen molar-refractivity contribution in [3.8, 4) is 0 Å². The maximum Gasteiger partial charge on any atom is 0.323 e. The summed E-state index contributed by atoms with van der Waals surface area (Å²) in [5.74, 6) is -1.27. The lowest BCUT2D eigenvalue weighted by Gasteiger charge is -2.18. The van der Waals surface area contributed by atoms with Crippen molar-refractivity contribution in [3.63, 3.8) is 0 Å². The Labute approximate surface area is 130 Å². The van der Waals surface area contributed by atoms with Gasteiger partial charge in [-0.3, -0.25) is 9.59 Å². The predicted molar refractivity (Wildman–Crippen MR) is 82.5 cm³/mol. The number of aliphatic carboxylic acids is 1. The molecule has 1 aromatic carbocycles. The Hall–Kier alpha value is -1.82. The number of carbonyl (C=O) groups is 2. The molecular formula is C15H16BrNO4. The lowest BCUT2D eigenvalue weighted by Crippen LogP contribution is -2.36. The number of nitrogens with zero attached hydrogens (tertiary/aromatic N) is 1. The van der Waals surface area contributed by atoms with Crippen LogP contribution < -0.4 is 0 Å². The van der Waals surface area contributed by atoms with Gasteiger partial charge in [0.05, 0.1) is 0 Å². The van der Waals surface area contributed by atoms with E-state index in [2.05, 4.69) is 15.9 Å². The Morgan fingerprint density at radius 2 is 2.05 bits per heavy atom. The standard InChI is InChI=1S/C15H16BrNO4/c1-3-4-17(8-13(18)19)15(20)12-7-10-6-11(16)5-9(2)14(10)21-12/h5-7H,3-4,8H2,1-2H3,(H,18,19). The molecule has 0 spiro atoms. The number of fused-ring (bicyclic) bond motifs is 1. The van der Waals surface area contributed by atoms with Crippen LogP contribution in [0, 0.1) is 6.92 Å². The Morgan fingerprint density at radius 3 is 2.67 bits per heavy atom. The number of benzene rings is 1. The third-order valence-corrected chi connectivity index (χ3v) is 3.54. The van der Waals surface area contributed by atoms with Crippen LogP contribution in [0.1, 0.15) is 29.5 Å². The van der Waals surface area contributed by atoms with Gasteiger partial charge in [-0.05, 0) is 37.1 Å². The van der Waals surface area contributed by atoms with Crippen LogP contribution in [0.15, 0.2) is 27.1 Å². The van der Waals surface area contributed by atoms with Gasteiger partial charge in [-0.1, -0.05) is 22.9 Å². The van der Waals surface area contributed by atoms with Crippen molar-refractivity contribution >= 4 is 38.8 Å². The van der Waals surface area contributed by atoms with Crippen LogP contribution in [0.4, 0.5) is 0 Å². The zero-order valence-electron chi connectivity index (χ0n) is 11.9.